The Labute approximate surface area is 122 Å². The minimum Gasteiger partial charge on any atom is -0.351 e. The summed E-state index contributed by atoms with van der Waals surface area (Å²) in [7, 11) is 1.79. The van der Waals surface area contributed by atoms with Crippen LogP contribution in [0.2, 0.25) is 0 Å². The number of hydrogen-bond acceptors (Lipinski definition) is 2. The predicted octanol–water partition coefficient (Wildman–Crippen LogP) is 2.62. The fraction of sp³-hybridized carbons (Fsp3) is 0.875. The van der Waals surface area contributed by atoms with E-state index >= 15 is 0 Å². The van der Waals surface area contributed by atoms with Gasteiger partial charge in [-0.15, -0.1) is 0 Å². The van der Waals surface area contributed by atoms with Crippen LogP contribution in [0, 0.1) is 0 Å². The van der Waals surface area contributed by atoms with E-state index in [-0.39, 0.29) is 11.8 Å². The molecule has 2 aliphatic carbocycles. The van der Waals surface area contributed by atoms with Crippen LogP contribution < -0.4 is 5.32 Å². The Kier molecular flexibility index (Phi) is 5.06. The molecule has 0 aromatic carbocycles. The molecular weight excluding hydrogens is 252 g/mol. The van der Waals surface area contributed by atoms with Gasteiger partial charge in [-0.3, -0.25) is 9.59 Å². The van der Waals surface area contributed by atoms with Crippen molar-refractivity contribution in [2.24, 2.45) is 0 Å². The molecule has 4 heteroatoms. The van der Waals surface area contributed by atoms with E-state index in [1.165, 1.54) is 25.7 Å². The first-order chi connectivity index (χ1) is 9.56. The zero-order valence-electron chi connectivity index (χ0n) is 12.9. The lowest BCUT2D eigenvalue weighted by Gasteiger charge is -2.43. The average molecular weight is 280 g/mol. The van der Waals surface area contributed by atoms with Crippen LogP contribution in [0.5, 0.6) is 0 Å². The van der Waals surface area contributed by atoms with E-state index in [1.807, 2.05) is 0 Å². The molecule has 0 aromatic heterocycles. The minimum absolute atomic E-state index is 0.00862. The Balaban J connectivity index is 2.08. The molecule has 0 aromatic rings. The van der Waals surface area contributed by atoms with Gasteiger partial charge in [0.15, 0.2) is 0 Å². The summed E-state index contributed by atoms with van der Waals surface area (Å²) in [6.45, 7) is 1.56. The van der Waals surface area contributed by atoms with Crippen molar-refractivity contribution in [1.29, 1.82) is 0 Å². The van der Waals surface area contributed by atoms with Crippen LogP contribution >= 0.6 is 0 Å². The van der Waals surface area contributed by atoms with Gasteiger partial charge >= 0.3 is 0 Å². The van der Waals surface area contributed by atoms with Crippen LogP contribution in [0.15, 0.2) is 0 Å². The molecule has 0 radical (unpaired) electrons. The van der Waals surface area contributed by atoms with Gasteiger partial charge in [0.2, 0.25) is 11.8 Å². The highest BCUT2D eigenvalue weighted by atomic mass is 16.2. The third-order valence-corrected chi connectivity index (χ3v) is 5.16. The van der Waals surface area contributed by atoms with E-state index in [9.17, 15) is 9.59 Å². The molecule has 20 heavy (non-hydrogen) atoms. The monoisotopic (exact) mass is 280 g/mol. The number of nitrogens with one attached hydrogen (secondary N) is 1. The quantitative estimate of drug-likeness (QED) is 0.864. The molecule has 0 bridgehead atoms. The maximum Gasteiger partial charge on any atom is 0.246 e. The van der Waals surface area contributed by atoms with Gasteiger partial charge in [0, 0.05) is 20.0 Å². The fourth-order valence-corrected chi connectivity index (χ4v) is 3.72. The molecule has 2 saturated carbocycles. The highest BCUT2D eigenvalue weighted by Gasteiger charge is 2.44. The summed E-state index contributed by atoms with van der Waals surface area (Å²) >= 11 is 0. The summed E-state index contributed by atoms with van der Waals surface area (Å²) in [5.41, 5.74) is -0.596. The molecule has 0 unspecified atom stereocenters. The molecule has 2 aliphatic rings. The second kappa shape index (κ2) is 6.59. The lowest BCUT2D eigenvalue weighted by Crippen LogP contribution is -2.61. The summed E-state index contributed by atoms with van der Waals surface area (Å²) in [6, 6.07) is 0.315. The van der Waals surface area contributed by atoms with Gasteiger partial charge in [0.1, 0.15) is 5.54 Å². The third kappa shape index (κ3) is 3.15. The molecule has 0 spiro atoms. The van der Waals surface area contributed by atoms with Crippen molar-refractivity contribution < 1.29 is 9.59 Å². The number of carbonyl (C=O) groups is 2. The first kappa shape index (κ1) is 15.3. The molecule has 2 fully saturated rings. The highest BCUT2D eigenvalue weighted by Crippen LogP contribution is 2.34. The van der Waals surface area contributed by atoms with Gasteiger partial charge in [0.25, 0.3) is 0 Å². The maximum absolute atomic E-state index is 12.8. The Hall–Kier alpha value is -1.06. The molecule has 0 atom stereocenters. The molecule has 2 rings (SSSR count). The predicted molar refractivity (Wildman–Crippen MR) is 79.3 cm³/mol. The summed E-state index contributed by atoms with van der Waals surface area (Å²) in [5.74, 6) is 0.0764. The molecule has 0 aliphatic heterocycles. The highest BCUT2D eigenvalue weighted by molar-refractivity contribution is 5.91. The Morgan fingerprint density at radius 3 is 2.10 bits per heavy atom. The molecule has 0 heterocycles. The molecular formula is C16H28N2O2. The largest absolute Gasteiger partial charge is 0.351 e. The van der Waals surface area contributed by atoms with E-state index in [2.05, 4.69) is 5.32 Å². The number of likely N-dealkylation sites (N-methyl/N-ethyl adjacent to an activating group) is 1. The van der Waals surface area contributed by atoms with E-state index < -0.39 is 5.54 Å². The SMILES string of the molecule is CC(=O)N(C)C1(C(=O)NC2CCCCC2)CCCCC1. The lowest BCUT2D eigenvalue weighted by atomic mass is 9.79. The van der Waals surface area contributed by atoms with Crippen LogP contribution in [-0.4, -0.2) is 35.3 Å². The zero-order valence-corrected chi connectivity index (χ0v) is 12.9. The van der Waals surface area contributed by atoms with Crippen molar-refractivity contribution in [3.8, 4) is 0 Å². The second-order valence-electron chi connectivity index (χ2n) is 6.48. The maximum atomic E-state index is 12.8. The van der Waals surface area contributed by atoms with E-state index in [0.717, 1.165) is 38.5 Å². The zero-order chi connectivity index (χ0) is 14.6. The van der Waals surface area contributed by atoms with Crippen LogP contribution in [0.25, 0.3) is 0 Å². The number of rotatable bonds is 3. The molecule has 0 saturated heterocycles. The van der Waals surface area contributed by atoms with E-state index in [4.69, 9.17) is 0 Å². The van der Waals surface area contributed by atoms with Gasteiger partial charge in [-0.05, 0) is 25.7 Å². The smallest absolute Gasteiger partial charge is 0.246 e. The van der Waals surface area contributed by atoms with Crippen LogP contribution in [0.4, 0.5) is 0 Å². The number of carbonyl (C=O) groups excluding carboxylic acids is 2. The average Bonchev–Trinajstić information content (AvgIpc) is 2.48. The third-order valence-electron chi connectivity index (χ3n) is 5.16. The van der Waals surface area contributed by atoms with Gasteiger partial charge in [-0.25, -0.2) is 0 Å². The van der Waals surface area contributed by atoms with Crippen molar-refractivity contribution in [3.63, 3.8) is 0 Å². The topological polar surface area (TPSA) is 49.4 Å². The van der Waals surface area contributed by atoms with Gasteiger partial charge in [0.05, 0.1) is 0 Å². The molecule has 114 valence electrons. The van der Waals surface area contributed by atoms with Crippen LogP contribution in [-0.2, 0) is 9.59 Å². The van der Waals surface area contributed by atoms with Crippen molar-refractivity contribution in [2.75, 3.05) is 7.05 Å². The standard InChI is InChI=1S/C16H28N2O2/c1-13(19)18(2)16(11-7-4-8-12-16)15(20)17-14-9-5-3-6-10-14/h14H,3-12H2,1-2H3,(H,17,20). The number of nitrogens with zero attached hydrogens (tertiary/aromatic N) is 1. The summed E-state index contributed by atoms with van der Waals surface area (Å²) in [4.78, 5) is 26.3. The molecule has 1 N–H and O–H groups in total. The minimum atomic E-state index is -0.596. The van der Waals surface area contributed by atoms with Crippen molar-refractivity contribution in [2.45, 2.75) is 82.7 Å². The first-order valence-electron chi connectivity index (χ1n) is 8.11. The first-order valence-corrected chi connectivity index (χ1v) is 8.11. The molecule has 2 amide bonds. The number of amides is 2. The summed E-state index contributed by atoms with van der Waals surface area (Å²) < 4.78 is 0. The summed E-state index contributed by atoms with van der Waals surface area (Å²) in [6.07, 6.45) is 10.7. The second-order valence-corrected chi connectivity index (χ2v) is 6.48. The van der Waals surface area contributed by atoms with Crippen LogP contribution in [0.3, 0.4) is 0 Å². The Morgan fingerprint density at radius 1 is 1.00 bits per heavy atom. The van der Waals surface area contributed by atoms with Crippen molar-refractivity contribution >= 4 is 11.8 Å². The van der Waals surface area contributed by atoms with Crippen molar-refractivity contribution in [1.82, 2.24) is 10.2 Å². The molecule has 4 nitrogen and oxygen atoms in total. The normalized spacial score (nSPS) is 23.1. The lowest BCUT2D eigenvalue weighted by molar-refractivity contribution is -0.147. The Morgan fingerprint density at radius 2 is 1.55 bits per heavy atom. The van der Waals surface area contributed by atoms with E-state index in [0.29, 0.717) is 6.04 Å². The van der Waals surface area contributed by atoms with Gasteiger partial charge < -0.3 is 10.2 Å². The van der Waals surface area contributed by atoms with Crippen molar-refractivity contribution in [3.05, 3.63) is 0 Å². The van der Waals surface area contributed by atoms with Gasteiger partial charge in [-0.2, -0.15) is 0 Å². The van der Waals surface area contributed by atoms with Crippen LogP contribution in [0.1, 0.15) is 71.1 Å². The number of hydrogen-bond donors (Lipinski definition) is 1. The van der Waals surface area contributed by atoms with E-state index in [1.54, 1.807) is 18.9 Å². The summed E-state index contributed by atoms with van der Waals surface area (Å²) in [5, 5.41) is 3.23. The Bertz CT molecular complexity index is 355. The fourth-order valence-electron chi connectivity index (χ4n) is 3.72. The van der Waals surface area contributed by atoms with Gasteiger partial charge in [-0.1, -0.05) is 38.5 Å².